The Bertz CT molecular complexity index is 420. The van der Waals surface area contributed by atoms with Crippen molar-refractivity contribution in [2.24, 2.45) is 0 Å². The molecule has 0 aliphatic carbocycles. The van der Waals surface area contributed by atoms with Crippen LogP contribution in [0.5, 0.6) is 0 Å². The van der Waals surface area contributed by atoms with Crippen LogP contribution in [-0.2, 0) is 17.5 Å². The molecule has 0 heterocycles. The SMILES string of the molecule is O=C(O)C(CO)NCc1ccccc1C(F)(F)F. The number of aliphatic hydroxyl groups excluding tert-OH is 1. The molecule has 0 radical (unpaired) electrons. The van der Waals surface area contributed by atoms with E-state index in [9.17, 15) is 18.0 Å². The molecular formula is C11H12F3NO3. The fourth-order valence-electron chi connectivity index (χ4n) is 1.41. The minimum absolute atomic E-state index is 0.0651. The summed E-state index contributed by atoms with van der Waals surface area (Å²) in [6.07, 6.45) is -4.49. The van der Waals surface area contributed by atoms with Crippen LogP contribution in [0.3, 0.4) is 0 Å². The van der Waals surface area contributed by atoms with Crippen molar-refractivity contribution >= 4 is 5.97 Å². The van der Waals surface area contributed by atoms with E-state index >= 15 is 0 Å². The molecule has 0 amide bonds. The molecule has 0 fully saturated rings. The lowest BCUT2D eigenvalue weighted by Crippen LogP contribution is -2.39. The Morgan fingerprint density at radius 3 is 2.44 bits per heavy atom. The number of carboxylic acid groups (broad SMARTS) is 1. The van der Waals surface area contributed by atoms with Crippen LogP contribution < -0.4 is 5.32 Å². The minimum atomic E-state index is -4.49. The number of hydrogen-bond acceptors (Lipinski definition) is 3. The quantitative estimate of drug-likeness (QED) is 0.747. The molecule has 0 aromatic heterocycles. The number of carbonyl (C=O) groups is 1. The van der Waals surface area contributed by atoms with Crippen LogP contribution in [0.15, 0.2) is 24.3 Å². The molecule has 1 unspecified atom stereocenters. The van der Waals surface area contributed by atoms with Gasteiger partial charge in [-0.1, -0.05) is 18.2 Å². The Morgan fingerprint density at radius 2 is 1.94 bits per heavy atom. The Morgan fingerprint density at radius 1 is 1.33 bits per heavy atom. The molecule has 1 rings (SSSR count). The van der Waals surface area contributed by atoms with E-state index in [-0.39, 0.29) is 12.1 Å². The zero-order chi connectivity index (χ0) is 13.8. The van der Waals surface area contributed by atoms with Gasteiger partial charge in [0.05, 0.1) is 12.2 Å². The van der Waals surface area contributed by atoms with E-state index in [0.29, 0.717) is 0 Å². The van der Waals surface area contributed by atoms with Crippen molar-refractivity contribution in [3.63, 3.8) is 0 Å². The monoisotopic (exact) mass is 263 g/mol. The first-order chi connectivity index (χ1) is 8.36. The number of halogens is 3. The summed E-state index contributed by atoms with van der Waals surface area (Å²) in [6, 6.07) is 3.58. The first-order valence-electron chi connectivity index (χ1n) is 5.08. The summed E-state index contributed by atoms with van der Waals surface area (Å²) >= 11 is 0. The lowest BCUT2D eigenvalue weighted by atomic mass is 10.1. The Hall–Kier alpha value is -1.60. The van der Waals surface area contributed by atoms with Crippen molar-refractivity contribution in [2.45, 2.75) is 18.8 Å². The Kier molecular flexibility index (Phi) is 4.69. The molecule has 0 bridgehead atoms. The molecule has 7 heteroatoms. The Labute approximate surface area is 101 Å². The predicted octanol–water partition coefficient (Wildman–Crippen LogP) is 1.24. The first-order valence-corrected chi connectivity index (χ1v) is 5.08. The summed E-state index contributed by atoms with van der Waals surface area (Å²) in [6.45, 7) is -0.975. The molecule has 4 nitrogen and oxygen atoms in total. The lowest BCUT2D eigenvalue weighted by Gasteiger charge is -2.15. The van der Waals surface area contributed by atoms with Crippen LogP contribution in [0.25, 0.3) is 0 Å². The average Bonchev–Trinajstić information content (AvgIpc) is 2.28. The molecule has 100 valence electrons. The fraction of sp³-hybridized carbons (Fsp3) is 0.364. The topological polar surface area (TPSA) is 69.6 Å². The molecule has 0 spiro atoms. The summed E-state index contributed by atoms with van der Waals surface area (Å²) in [5.41, 5.74) is -0.885. The smallest absolute Gasteiger partial charge is 0.416 e. The zero-order valence-electron chi connectivity index (χ0n) is 9.24. The molecule has 0 aliphatic rings. The van der Waals surface area contributed by atoms with Crippen LogP contribution in [0.4, 0.5) is 13.2 Å². The van der Waals surface area contributed by atoms with E-state index in [1.807, 2.05) is 0 Å². The maximum atomic E-state index is 12.6. The Balaban J connectivity index is 2.82. The third-order valence-corrected chi connectivity index (χ3v) is 2.34. The van der Waals surface area contributed by atoms with Crippen molar-refractivity contribution in [2.75, 3.05) is 6.61 Å². The summed E-state index contributed by atoms with van der Waals surface area (Å²) in [5, 5.41) is 19.7. The van der Waals surface area contributed by atoms with E-state index in [1.165, 1.54) is 18.2 Å². The van der Waals surface area contributed by atoms with Gasteiger partial charge in [0, 0.05) is 6.54 Å². The van der Waals surface area contributed by atoms with Gasteiger partial charge >= 0.3 is 12.1 Å². The summed E-state index contributed by atoms with van der Waals surface area (Å²) in [7, 11) is 0. The highest BCUT2D eigenvalue weighted by Gasteiger charge is 2.32. The van der Waals surface area contributed by atoms with Crippen molar-refractivity contribution < 1.29 is 28.2 Å². The van der Waals surface area contributed by atoms with Crippen molar-refractivity contribution in [3.8, 4) is 0 Å². The number of benzene rings is 1. The third-order valence-electron chi connectivity index (χ3n) is 2.34. The molecule has 1 aromatic carbocycles. The minimum Gasteiger partial charge on any atom is -0.480 e. The van der Waals surface area contributed by atoms with Crippen molar-refractivity contribution in [3.05, 3.63) is 35.4 Å². The second-order valence-electron chi connectivity index (χ2n) is 3.61. The number of rotatable bonds is 5. The van der Waals surface area contributed by atoms with Crippen LogP contribution in [0, 0.1) is 0 Å². The van der Waals surface area contributed by atoms with Gasteiger partial charge in [-0.3, -0.25) is 10.1 Å². The van der Waals surface area contributed by atoms with Crippen LogP contribution in [-0.4, -0.2) is 28.8 Å². The van der Waals surface area contributed by atoms with Gasteiger partial charge in [-0.05, 0) is 11.6 Å². The van der Waals surface area contributed by atoms with Gasteiger partial charge in [0.1, 0.15) is 6.04 Å². The normalized spacial score (nSPS) is 13.3. The van der Waals surface area contributed by atoms with E-state index < -0.39 is 30.4 Å². The molecule has 0 saturated heterocycles. The van der Waals surface area contributed by atoms with Crippen molar-refractivity contribution in [1.82, 2.24) is 5.32 Å². The van der Waals surface area contributed by atoms with E-state index in [1.54, 1.807) is 0 Å². The zero-order valence-corrected chi connectivity index (χ0v) is 9.24. The number of alkyl halides is 3. The van der Waals surface area contributed by atoms with E-state index in [2.05, 4.69) is 5.32 Å². The number of aliphatic carboxylic acids is 1. The molecule has 1 aromatic rings. The number of nitrogens with one attached hydrogen (secondary N) is 1. The first kappa shape index (κ1) is 14.5. The molecule has 3 N–H and O–H groups in total. The lowest BCUT2D eigenvalue weighted by molar-refractivity contribution is -0.140. The van der Waals surface area contributed by atoms with Crippen molar-refractivity contribution in [1.29, 1.82) is 0 Å². The van der Waals surface area contributed by atoms with Gasteiger partial charge in [-0.25, -0.2) is 0 Å². The second kappa shape index (κ2) is 5.83. The second-order valence-corrected chi connectivity index (χ2v) is 3.61. The highest BCUT2D eigenvalue weighted by Crippen LogP contribution is 2.31. The highest BCUT2D eigenvalue weighted by molar-refractivity contribution is 5.73. The van der Waals surface area contributed by atoms with Gasteiger partial charge in [0.25, 0.3) is 0 Å². The summed E-state index contributed by atoms with van der Waals surface area (Å²) in [4.78, 5) is 10.6. The highest BCUT2D eigenvalue weighted by atomic mass is 19.4. The van der Waals surface area contributed by atoms with E-state index in [4.69, 9.17) is 10.2 Å². The number of hydrogen-bond donors (Lipinski definition) is 3. The van der Waals surface area contributed by atoms with Gasteiger partial charge in [-0.15, -0.1) is 0 Å². The van der Waals surface area contributed by atoms with Gasteiger partial charge in [0.2, 0.25) is 0 Å². The predicted molar refractivity (Wildman–Crippen MR) is 56.8 cm³/mol. The molecular weight excluding hydrogens is 251 g/mol. The maximum Gasteiger partial charge on any atom is 0.416 e. The number of aliphatic hydroxyl groups is 1. The maximum absolute atomic E-state index is 12.6. The molecule has 1 atom stereocenters. The van der Waals surface area contributed by atoms with Gasteiger partial charge in [-0.2, -0.15) is 13.2 Å². The number of carboxylic acids is 1. The summed E-state index contributed by atoms with van der Waals surface area (Å²) in [5.74, 6) is -1.32. The molecule has 0 aliphatic heterocycles. The van der Waals surface area contributed by atoms with Crippen LogP contribution >= 0.6 is 0 Å². The summed E-state index contributed by atoms with van der Waals surface area (Å²) < 4.78 is 37.9. The largest absolute Gasteiger partial charge is 0.480 e. The van der Waals surface area contributed by atoms with Crippen LogP contribution in [0.1, 0.15) is 11.1 Å². The van der Waals surface area contributed by atoms with Gasteiger partial charge in [0.15, 0.2) is 0 Å². The third kappa shape index (κ3) is 3.71. The molecule has 0 saturated carbocycles. The molecule has 18 heavy (non-hydrogen) atoms. The van der Waals surface area contributed by atoms with Gasteiger partial charge < -0.3 is 10.2 Å². The van der Waals surface area contributed by atoms with Crippen LogP contribution in [0.2, 0.25) is 0 Å². The average molecular weight is 263 g/mol. The fourth-order valence-corrected chi connectivity index (χ4v) is 1.41. The standard InChI is InChI=1S/C11H12F3NO3/c12-11(13,14)8-4-2-1-3-7(8)5-15-9(6-16)10(17)18/h1-4,9,15-16H,5-6H2,(H,17,18). The van der Waals surface area contributed by atoms with E-state index in [0.717, 1.165) is 6.07 Å².